The fourth-order valence-corrected chi connectivity index (χ4v) is 1.78. The number of hydrogen-bond donors (Lipinski definition) is 0. The maximum absolute atomic E-state index is 12.1. The Morgan fingerprint density at radius 1 is 1.04 bits per heavy atom. The van der Waals surface area contributed by atoms with Crippen molar-refractivity contribution >= 4 is 28.0 Å². The molecular weight excluding hydrogens is 383 g/mol. The van der Waals surface area contributed by atoms with Gasteiger partial charge in [0.05, 0.1) is 16.7 Å². The van der Waals surface area contributed by atoms with Crippen molar-refractivity contribution in [3.05, 3.63) is 25.3 Å². The molecule has 0 aliphatic heterocycles. The first-order chi connectivity index (χ1) is 11.0. The first-order valence-corrected chi connectivity index (χ1v) is 8.31. The number of carbonyl (C=O) groups excluding carboxylic acids is 3. The summed E-state index contributed by atoms with van der Waals surface area (Å²) in [7, 11) is -4.41. The van der Waals surface area contributed by atoms with E-state index in [0.717, 1.165) is 12.2 Å². The summed E-state index contributed by atoms with van der Waals surface area (Å²) in [5, 5.41) is 0. The van der Waals surface area contributed by atoms with Crippen molar-refractivity contribution < 1.29 is 92.9 Å². The maximum atomic E-state index is 12.1. The van der Waals surface area contributed by atoms with E-state index in [4.69, 9.17) is 14.2 Å². The zero-order chi connectivity index (χ0) is 18.8. The molecule has 0 saturated heterocycles. The Labute approximate surface area is 188 Å². The monoisotopic (exact) mass is 402 g/mol. The van der Waals surface area contributed by atoms with Crippen molar-refractivity contribution in [1.29, 1.82) is 0 Å². The molecule has 0 aromatic carbocycles. The third-order valence-corrected chi connectivity index (χ3v) is 3.45. The van der Waals surface area contributed by atoms with Crippen LogP contribution < -0.4 is 51.4 Å². The Bertz CT molecular complexity index is 573. The fraction of sp³-hybridized carbons (Fsp3) is 0.500. The summed E-state index contributed by atoms with van der Waals surface area (Å²) in [6.45, 7) is 6.48. The van der Waals surface area contributed by atoms with Gasteiger partial charge >= 0.3 is 69.3 Å². The molecule has 9 nitrogen and oxygen atoms in total. The van der Waals surface area contributed by atoms with Crippen molar-refractivity contribution in [3.63, 3.8) is 0 Å². The second kappa shape index (κ2) is 12.7. The predicted octanol–water partition coefficient (Wildman–Crippen LogP) is -3.07. The molecule has 25 heavy (non-hydrogen) atoms. The van der Waals surface area contributed by atoms with Crippen LogP contribution in [-0.2, 0) is 38.7 Å². The second-order valence-corrected chi connectivity index (χ2v) is 6.46. The molecule has 0 saturated carbocycles. The molecule has 0 amide bonds. The zero-order valence-corrected chi connectivity index (χ0v) is 18.1. The van der Waals surface area contributed by atoms with Gasteiger partial charge in [-0.25, -0.2) is 18.0 Å². The van der Waals surface area contributed by atoms with Gasteiger partial charge in [-0.2, -0.15) is 0 Å². The number of hydrogen-bond acceptors (Lipinski definition) is 9. The first kappa shape index (κ1) is 26.7. The number of ether oxygens (including phenoxy) is 3. The summed E-state index contributed by atoms with van der Waals surface area (Å²) in [6.07, 6.45) is 1.59. The molecule has 0 unspecified atom stereocenters. The molecule has 0 aromatic rings. The van der Waals surface area contributed by atoms with E-state index in [1.54, 1.807) is 0 Å². The average Bonchev–Trinajstić information content (AvgIpc) is 2.52. The van der Waals surface area contributed by atoms with Crippen molar-refractivity contribution in [1.82, 2.24) is 0 Å². The predicted molar refractivity (Wildman–Crippen MR) is 80.6 cm³/mol. The van der Waals surface area contributed by atoms with Gasteiger partial charge in [-0.15, -0.1) is 0 Å². The molecule has 0 fully saturated rings. The second-order valence-electron chi connectivity index (χ2n) is 4.94. The van der Waals surface area contributed by atoms with Crippen LogP contribution in [-0.4, -0.2) is 56.5 Å². The summed E-state index contributed by atoms with van der Waals surface area (Å²) in [4.78, 5) is 34.4. The van der Waals surface area contributed by atoms with E-state index in [0.29, 0.717) is 0 Å². The van der Waals surface area contributed by atoms with Gasteiger partial charge in [0.25, 0.3) is 0 Å². The molecule has 0 atom stereocenters. The summed E-state index contributed by atoms with van der Waals surface area (Å²) < 4.78 is 45.8. The minimum atomic E-state index is -4.41. The topological polar surface area (TPSA) is 136 Å². The molecule has 0 aliphatic carbocycles. The SMILES string of the molecule is C=CC(=O)OCC(C)(COC(=O)C=C)C(=O)OCCCS(=O)(=O)[O-].[K+]. The Morgan fingerprint density at radius 2 is 1.48 bits per heavy atom. The van der Waals surface area contributed by atoms with Crippen molar-refractivity contribution in [3.8, 4) is 0 Å². The van der Waals surface area contributed by atoms with Gasteiger partial charge in [0, 0.05) is 17.9 Å². The first-order valence-electron chi connectivity index (χ1n) is 6.73. The summed E-state index contributed by atoms with van der Waals surface area (Å²) in [5.41, 5.74) is -1.52. The third-order valence-electron chi connectivity index (χ3n) is 2.66. The van der Waals surface area contributed by atoms with Crippen LogP contribution in [0.5, 0.6) is 0 Å². The summed E-state index contributed by atoms with van der Waals surface area (Å²) >= 11 is 0. The van der Waals surface area contributed by atoms with Gasteiger partial charge in [0.1, 0.15) is 18.6 Å². The van der Waals surface area contributed by atoms with Crippen molar-refractivity contribution in [2.24, 2.45) is 5.41 Å². The molecule has 0 N–H and O–H groups in total. The average molecular weight is 402 g/mol. The Kier molecular flexibility index (Phi) is 13.6. The van der Waals surface area contributed by atoms with E-state index >= 15 is 0 Å². The maximum Gasteiger partial charge on any atom is 1.00 e. The molecule has 11 heteroatoms. The van der Waals surface area contributed by atoms with Crippen LogP contribution in [0, 0.1) is 5.41 Å². The smallest absolute Gasteiger partial charge is 0.748 e. The molecular formula is C14H19KO9S. The van der Waals surface area contributed by atoms with Gasteiger partial charge in [0.2, 0.25) is 0 Å². The van der Waals surface area contributed by atoms with Crippen molar-refractivity contribution in [2.45, 2.75) is 13.3 Å². The quantitative estimate of drug-likeness (QED) is 0.0880. The van der Waals surface area contributed by atoms with Gasteiger partial charge in [0.15, 0.2) is 0 Å². The van der Waals surface area contributed by atoms with E-state index in [2.05, 4.69) is 13.2 Å². The third kappa shape index (κ3) is 12.4. The number of esters is 3. The minimum Gasteiger partial charge on any atom is -0.748 e. The molecule has 0 aliphatic rings. The van der Waals surface area contributed by atoms with E-state index in [-0.39, 0.29) is 64.4 Å². The Morgan fingerprint density at radius 3 is 1.84 bits per heavy atom. The van der Waals surface area contributed by atoms with E-state index in [1.165, 1.54) is 6.92 Å². The molecule has 0 aromatic heterocycles. The minimum absolute atomic E-state index is 0. The Balaban J connectivity index is 0. The van der Waals surface area contributed by atoms with Crippen LogP contribution in [0.2, 0.25) is 0 Å². The van der Waals surface area contributed by atoms with Crippen LogP contribution >= 0.6 is 0 Å². The molecule has 0 bridgehead atoms. The summed E-state index contributed by atoms with van der Waals surface area (Å²) in [5.74, 6) is -3.16. The van der Waals surface area contributed by atoms with E-state index in [9.17, 15) is 27.4 Å². The summed E-state index contributed by atoms with van der Waals surface area (Å²) in [6, 6.07) is 0. The molecule has 0 spiro atoms. The standard InChI is InChI=1S/C14H20O9S.K/c1-4-11(15)22-9-14(3,10-23-12(16)5-2)13(17)21-7-6-8-24(18,19)20;/h4-5H,1-2,6-10H2,3H3,(H,18,19,20);/q;+1/p-1. The van der Waals surface area contributed by atoms with Crippen LogP contribution in [0.4, 0.5) is 0 Å². The molecule has 136 valence electrons. The van der Waals surface area contributed by atoms with Gasteiger partial charge in [-0.3, -0.25) is 4.79 Å². The number of rotatable bonds is 11. The van der Waals surface area contributed by atoms with Gasteiger partial charge in [-0.05, 0) is 13.3 Å². The van der Waals surface area contributed by atoms with E-state index in [1.807, 2.05) is 0 Å². The van der Waals surface area contributed by atoms with Crippen LogP contribution in [0.1, 0.15) is 13.3 Å². The largest absolute Gasteiger partial charge is 1.00 e. The Hall–Kier alpha value is -0.564. The fourth-order valence-electron chi connectivity index (χ4n) is 1.31. The van der Waals surface area contributed by atoms with E-state index < -0.39 is 52.4 Å². The molecule has 0 rings (SSSR count). The van der Waals surface area contributed by atoms with Crippen molar-refractivity contribution in [2.75, 3.05) is 25.6 Å². The zero-order valence-electron chi connectivity index (χ0n) is 14.2. The number of carbonyl (C=O) groups is 3. The van der Waals surface area contributed by atoms with Crippen LogP contribution in [0.3, 0.4) is 0 Å². The van der Waals surface area contributed by atoms with Gasteiger partial charge in [-0.1, -0.05) is 13.2 Å². The molecule has 0 heterocycles. The molecule has 0 radical (unpaired) electrons. The van der Waals surface area contributed by atoms with Crippen LogP contribution in [0.15, 0.2) is 25.3 Å². The van der Waals surface area contributed by atoms with Crippen LogP contribution in [0.25, 0.3) is 0 Å². The normalized spacial score (nSPS) is 10.8. The van der Waals surface area contributed by atoms with Gasteiger partial charge < -0.3 is 18.8 Å².